The largest absolute Gasteiger partial charge is 0.502 e. The van der Waals surface area contributed by atoms with Crippen LogP contribution < -0.4 is 20.4 Å². The molecule has 4 saturated carbocycles. The minimum atomic E-state index is -2.03. The number of aliphatic hydroxyl groups is 1. The van der Waals surface area contributed by atoms with Crippen molar-refractivity contribution in [3.05, 3.63) is 207 Å². The van der Waals surface area contributed by atoms with Crippen LogP contribution in [-0.2, 0) is 83.9 Å². The number of rotatable bonds is 29. The number of likely N-dealkylation sites (tertiary alicyclic amines) is 1. The van der Waals surface area contributed by atoms with Crippen LogP contribution in [0.15, 0.2) is 141 Å². The molecule has 3 saturated heterocycles. The number of non-ortho nitro benzene ring substituents is 1. The number of nitro groups is 1. The van der Waals surface area contributed by atoms with Gasteiger partial charge in [0.15, 0.2) is 11.6 Å². The maximum Gasteiger partial charge on any atom is 0.408 e. The number of carbonyl (C=O) groups excluding carboxylic acids is 8. The Bertz CT molecular complexity index is 4540. The maximum absolute atomic E-state index is 14.2. The zero-order chi connectivity index (χ0) is 90.8. The number of benzene rings is 5. The Kier molecular flexibility index (Phi) is 37.6. The van der Waals surface area contributed by atoms with Crippen molar-refractivity contribution < 1.29 is 90.0 Å². The van der Waals surface area contributed by atoms with Gasteiger partial charge in [-0.1, -0.05) is 146 Å². The normalized spacial score (nSPS) is 23.4. The minimum Gasteiger partial charge on any atom is -0.502 e. The number of nitro benzene ring substituents is 1. The Labute approximate surface area is 757 Å². The number of fused-ring (bicyclic) bond motifs is 2. The van der Waals surface area contributed by atoms with Crippen molar-refractivity contribution in [3.8, 4) is 5.75 Å². The summed E-state index contributed by atoms with van der Waals surface area (Å²) >= 11 is -2.03. The molecular weight excluding hydrogens is 1730 g/mol. The third-order valence-electron chi connectivity index (χ3n) is 25.2. The van der Waals surface area contributed by atoms with Crippen molar-refractivity contribution >= 4 is 88.6 Å². The smallest absolute Gasteiger partial charge is 0.408 e. The van der Waals surface area contributed by atoms with Crippen LogP contribution in [0.4, 0.5) is 26.7 Å². The molecule has 0 unspecified atom stereocenters. The summed E-state index contributed by atoms with van der Waals surface area (Å²) in [7, 11) is 14.3. The number of anilines is 2. The summed E-state index contributed by atoms with van der Waals surface area (Å²) in [5.41, 5.74) is 11.7. The quantitative estimate of drug-likeness (QED) is 0.00518. The van der Waals surface area contributed by atoms with E-state index >= 15 is 0 Å². The van der Waals surface area contributed by atoms with Crippen molar-refractivity contribution in [2.24, 2.45) is 22.7 Å². The van der Waals surface area contributed by atoms with Gasteiger partial charge in [0.2, 0.25) is 11.8 Å². The van der Waals surface area contributed by atoms with E-state index in [1.807, 2.05) is 80.6 Å². The number of halogens is 2. The van der Waals surface area contributed by atoms with Gasteiger partial charge in [0.1, 0.15) is 24.3 Å². The molecule has 5 aromatic carbocycles. The van der Waals surface area contributed by atoms with E-state index in [1.54, 1.807) is 26.6 Å². The number of allylic oxidation sites excluding steroid dienone is 4. The van der Waals surface area contributed by atoms with E-state index in [0.29, 0.717) is 63.1 Å². The minimum absolute atomic E-state index is 0.0103. The number of ketones is 2. The Morgan fingerprint density at radius 1 is 0.683 bits per heavy atom. The maximum atomic E-state index is 14.2. The van der Waals surface area contributed by atoms with Crippen LogP contribution in [0.2, 0.25) is 0 Å². The first-order chi connectivity index (χ1) is 60.5. The molecule has 686 valence electrons. The van der Waals surface area contributed by atoms with E-state index in [0.717, 1.165) is 127 Å². The number of aryl methyl sites for hydroxylation is 6. The van der Waals surface area contributed by atoms with E-state index in [-0.39, 0.29) is 103 Å². The summed E-state index contributed by atoms with van der Waals surface area (Å²) in [5.74, 6) is -1.33. The van der Waals surface area contributed by atoms with Gasteiger partial charge in [-0.15, -0.1) is 13.2 Å². The average molecular weight is 1860 g/mol. The summed E-state index contributed by atoms with van der Waals surface area (Å²) < 4.78 is 39.9. The first-order valence-electron chi connectivity index (χ1n) is 44.8. The van der Waals surface area contributed by atoms with E-state index in [9.17, 15) is 48.5 Å². The molecule has 0 aromatic heterocycles. The number of methoxy groups -OCH3 is 2. The number of ether oxygens (including phenoxy) is 7. The van der Waals surface area contributed by atoms with E-state index < -0.39 is 71.6 Å². The fraction of sp³-hybridized carbons (Fsp3) is 0.535. The molecule has 4 amide bonds. The van der Waals surface area contributed by atoms with Gasteiger partial charge in [-0.05, 0) is 189 Å². The van der Waals surface area contributed by atoms with Gasteiger partial charge in [0.25, 0.3) is 0 Å². The van der Waals surface area contributed by atoms with Crippen LogP contribution in [0.25, 0.3) is 0 Å². The molecule has 0 bridgehead atoms. The zero-order valence-electron chi connectivity index (χ0n) is 75.1. The monoisotopic (exact) mass is 1860 g/mol. The number of nitrogens with one attached hydrogen (secondary N) is 2. The molecule has 3 N–H and O–H groups in total. The van der Waals surface area contributed by atoms with E-state index in [4.69, 9.17) is 47.8 Å². The molecule has 4 aliphatic carbocycles. The van der Waals surface area contributed by atoms with Gasteiger partial charge >= 0.3 is 137 Å². The third kappa shape index (κ3) is 27.7. The van der Waals surface area contributed by atoms with E-state index in [2.05, 4.69) is 123 Å². The molecule has 0 spiro atoms. The number of aromatic hydroxyl groups is 1. The van der Waals surface area contributed by atoms with Gasteiger partial charge in [-0.2, -0.15) is 6.67 Å². The van der Waals surface area contributed by atoms with Crippen LogP contribution in [-0.4, -0.2) is 167 Å². The van der Waals surface area contributed by atoms with Crippen LogP contribution in [0, 0.1) is 81.0 Å². The van der Waals surface area contributed by atoms with Gasteiger partial charge in [0.05, 0.1) is 62.6 Å². The number of nitrogens with zero attached hydrogens (tertiary/aromatic N) is 5. The molecule has 126 heavy (non-hydrogen) atoms. The zero-order valence-corrected chi connectivity index (χ0v) is 78.3. The van der Waals surface area contributed by atoms with Gasteiger partial charge in [-0.3, -0.25) is 28.8 Å². The summed E-state index contributed by atoms with van der Waals surface area (Å²) in [6, 6.07) is 29.9. The van der Waals surface area contributed by atoms with Crippen molar-refractivity contribution in [1.82, 2.24) is 20.4 Å². The summed E-state index contributed by atoms with van der Waals surface area (Å²) in [6.45, 7) is 30.2. The first-order valence-corrected chi connectivity index (χ1v) is 50.3. The standard InChI is InChI=1S/C35H48N2O7.C33H44N2O7.C21H27N2.C10H11NO3.2ClH.Ru/c1-4-6-7-8-12-19-29(36-34(41)44-27-17-13-14-18-27)32(39)37-23-28(43-24-25-15-10-9-11-16-25)20-30(37)31(38)22-35(33(40)42-3)21-26(35)5-2;1-40-31(38)33-19-24(33)14-8-3-2-4-9-17-27(34-32(39)42-25-15-10-11-16-25)30(37)35-21-26(18-28(35)29(36)20-33)41-22-23-12-6-5-7-13-23;1-14-9-16(3)20(17(4)10-14)22-7-8-23(13-22)21-18(5)11-15(2)12-19(21)6;1-7(2)14-10-5-4-9(11(12)13)6-8(10)3;;;/h4-5,9-11,15-16,26-30H,1-2,6-8,12-14,17-24H2,3H3,(H,36,41);5-8,12-14,24-28H,2-4,9-11,15-22H2,1H3,(H,34,39);9-13H,7-8H2,1-6H3;3-7H,1-2H3;2*1H;/q;;-1;;;;+2/p-1/b;14-8-;;;;;/t26-,28-,29+,30+,35-;24-,26-,27+,28+,33-;;;;;/m11...../s1. The Balaban J connectivity index is 0.000000186. The molecule has 24 nitrogen and oxygen atoms in total. The predicted molar refractivity (Wildman–Crippen MR) is 489 cm³/mol. The second-order valence-corrected chi connectivity index (χ2v) is 41.0. The van der Waals surface area contributed by atoms with Gasteiger partial charge in [-0.25, -0.2) is 9.59 Å². The van der Waals surface area contributed by atoms with Crippen LogP contribution in [0.1, 0.15) is 218 Å². The molecule has 10 atom stereocenters. The predicted octanol–water partition coefficient (Wildman–Crippen LogP) is 18.8. The number of amides is 4. The third-order valence-corrected chi connectivity index (χ3v) is 27.0. The number of esters is 2. The molecule has 5 aromatic rings. The molecule has 27 heteroatoms. The number of hydrogen-bond acceptors (Lipinski definition) is 18. The van der Waals surface area contributed by atoms with E-state index in [1.165, 1.54) is 71.1 Å². The first kappa shape index (κ1) is 99.0. The number of Topliss-reactive ketones (excluding diaryl/α,β-unsaturated/α-hetero) is 2. The van der Waals surface area contributed by atoms with Gasteiger partial charge < -0.3 is 58.7 Å². The Morgan fingerprint density at radius 2 is 1.25 bits per heavy atom. The second-order valence-electron chi connectivity index (χ2n) is 35.3. The Hall–Kier alpha value is -9.13. The van der Waals surface area contributed by atoms with Crippen LogP contribution >= 0.6 is 19.4 Å². The second kappa shape index (κ2) is 47.8. The van der Waals surface area contributed by atoms with Crippen LogP contribution in [0.3, 0.4) is 0 Å². The average Bonchev–Trinajstić information content (AvgIpc) is 1.58. The molecule has 8 aliphatic rings. The molecule has 4 heterocycles. The Morgan fingerprint density at radius 3 is 1.78 bits per heavy atom. The molecule has 0 radical (unpaired) electrons. The molecular formula is C99H131Cl2N7O17Ru. The van der Waals surface area contributed by atoms with Crippen molar-refractivity contribution in [2.75, 3.05) is 50.2 Å². The molecule has 13 rings (SSSR count). The summed E-state index contributed by atoms with van der Waals surface area (Å²) in [6.07, 6.45) is 22.5. The van der Waals surface area contributed by atoms with Crippen molar-refractivity contribution in [2.45, 2.75) is 277 Å². The SMILES string of the molecule is C=CCCCCC[C@H](NC(=O)OC1CCCC1)C(=O)N1C[C@H](OCc2ccccc2)C[C@H]1C(=O)C[C@]1(C(=O)OC)C[C@H]1C=C.CC(C)[OH+]c1ccc([N+](=O)[O-])cc1[CH]=[Ru]([Cl])[Cl].COC(=O)[C@]12CC(=O)[C@@H]3C[C@@H](OCc4ccccc4)CN3C(=O)[C@@H](NC(=O)OC3CCCC3)CCCCC/C=C\[C@@H]1C2.Cc1cc(C)c(N2[CH-]N(c3c(C)cc(C)cc3C)CC2)c(C)c1. The number of hydrogen-bond donors (Lipinski definition) is 2. The fourth-order valence-corrected chi connectivity index (χ4v) is 20.6. The molecule has 4 aliphatic heterocycles. The van der Waals surface area contributed by atoms with Crippen LogP contribution in [0.5, 0.6) is 5.75 Å². The fourth-order valence-electron chi connectivity index (χ4n) is 18.8. The number of carbonyl (C=O) groups is 8. The number of unbranched alkanes of at least 4 members (excludes halogenated alkanes) is 3. The van der Waals surface area contributed by atoms with Crippen molar-refractivity contribution in [3.63, 3.8) is 0 Å². The van der Waals surface area contributed by atoms with Gasteiger partial charge in [0, 0.05) is 63.2 Å². The molecule has 7 fully saturated rings. The topological polar surface area (TPSA) is 285 Å². The summed E-state index contributed by atoms with van der Waals surface area (Å²) in [4.78, 5) is 126. The van der Waals surface area contributed by atoms with Crippen molar-refractivity contribution in [1.29, 1.82) is 0 Å². The summed E-state index contributed by atoms with van der Waals surface area (Å²) in [5, 5.41) is 16.4. The number of alkyl carbamates (subject to hydrolysis) is 2.